The summed E-state index contributed by atoms with van der Waals surface area (Å²) in [5.74, 6) is -0.159. The molecule has 1 amide bonds. The highest BCUT2D eigenvalue weighted by Gasteiger charge is 2.13. The van der Waals surface area contributed by atoms with Crippen molar-refractivity contribution in [1.29, 1.82) is 0 Å². The molecule has 0 unspecified atom stereocenters. The lowest BCUT2D eigenvalue weighted by Crippen LogP contribution is -2.30. The number of ether oxygens (including phenoxy) is 2. The zero-order valence-corrected chi connectivity index (χ0v) is 18.0. The number of hydrogen-bond donors (Lipinski definition) is 1. The van der Waals surface area contributed by atoms with Crippen molar-refractivity contribution in [1.82, 2.24) is 19.4 Å². The van der Waals surface area contributed by atoms with Gasteiger partial charge in [0.15, 0.2) is 0 Å². The molecule has 2 heterocycles. The summed E-state index contributed by atoms with van der Waals surface area (Å²) in [6, 6.07) is 15.3. The van der Waals surface area contributed by atoms with E-state index in [2.05, 4.69) is 20.3 Å². The van der Waals surface area contributed by atoms with Crippen LogP contribution in [0.4, 0.5) is 5.69 Å². The van der Waals surface area contributed by atoms with Gasteiger partial charge in [-0.3, -0.25) is 9.59 Å². The highest BCUT2D eigenvalue weighted by Crippen LogP contribution is 2.21. The third-order valence-corrected chi connectivity index (χ3v) is 4.83. The Labute approximate surface area is 188 Å². The van der Waals surface area contributed by atoms with Gasteiger partial charge in [-0.05, 0) is 61.5 Å². The van der Waals surface area contributed by atoms with E-state index in [-0.39, 0.29) is 6.54 Å². The predicted octanol–water partition coefficient (Wildman–Crippen LogP) is 2.38. The minimum atomic E-state index is -0.470. The second-order valence-corrected chi connectivity index (χ2v) is 7.03. The number of benzene rings is 2. The normalized spacial score (nSPS) is 10.7. The van der Waals surface area contributed by atoms with E-state index >= 15 is 0 Å². The highest BCUT2D eigenvalue weighted by molar-refractivity contribution is 5.92. The first-order valence-corrected chi connectivity index (χ1v) is 10.2. The second kappa shape index (κ2) is 9.35. The molecule has 4 aromatic rings. The number of nitrogens with one attached hydrogen (secondary N) is 1. The summed E-state index contributed by atoms with van der Waals surface area (Å²) < 4.78 is 12.5. The Kier molecular flexibility index (Phi) is 6.16. The molecule has 168 valence electrons. The zero-order chi connectivity index (χ0) is 23.4. The Balaban J connectivity index is 1.50. The molecule has 4 rings (SSSR count). The molecule has 1 N–H and O–H groups in total. The van der Waals surface area contributed by atoms with Crippen LogP contribution < -0.4 is 15.6 Å². The van der Waals surface area contributed by atoms with Gasteiger partial charge in [0.05, 0.1) is 25.0 Å². The van der Waals surface area contributed by atoms with Gasteiger partial charge in [0.25, 0.3) is 5.56 Å². The zero-order valence-electron chi connectivity index (χ0n) is 18.0. The van der Waals surface area contributed by atoms with Crippen molar-refractivity contribution < 1.29 is 19.1 Å². The van der Waals surface area contributed by atoms with E-state index in [0.29, 0.717) is 29.1 Å². The van der Waals surface area contributed by atoms with Gasteiger partial charge in [-0.15, -0.1) is 0 Å². The smallest absolute Gasteiger partial charge is 0.337 e. The average molecular weight is 447 g/mol. The van der Waals surface area contributed by atoms with Crippen molar-refractivity contribution in [2.75, 3.05) is 19.0 Å². The summed E-state index contributed by atoms with van der Waals surface area (Å²) in [6.45, 7) is 2.21. The maximum atomic E-state index is 12.8. The summed E-state index contributed by atoms with van der Waals surface area (Å²) >= 11 is 0. The highest BCUT2D eigenvalue weighted by atomic mass is 16.5. The van der Waals surface area contributed by atoms with Gasteiger partial charge in [0.2, 0.25) is 5.91 Å². The Bertz CT molecular complexity index is 1360. The number of anilines is 1. The molecule has 0 atom stereocenters. The number of carbonyl (C=O) groups is 2. The maximum Gasteiger partial charge on any atom is 0.337 e. The van der Waals surface area contributed by atoms with E-state index in [4.69, 9.17) is 4.74 Å². The number of hydrogen-bond acceptors (Lipinski definition) is 7. The first-order chi connectivity index (χ1) is 16.0. The van der Waals surface area contributed by atoms with E-state index in [1.807, 2.05) is 31.2 Å². The standard InChI is InChI=1S/C23H21N5O5/c1-3-33-18-10-6-15(7-11-18)19-12-20-22(30)27(24-14-28(20)26-19)13-21(29)25-17-8-4-16(5-9-17)23(31)32-2/h4-12,14H,3,13H2,1-2H3,(H,25,29). The molecule has 33 heavy (non-hydrogen) atoms. The van der Waals surface area contributed by atoms with Crippen molar-refractivity contribution in [2.24, 2.45) is 0 Å². The number of aromatic nitrogens is 4. The van der Waals surface area contributed by atoms with Crippen LogP contribution in [-0.4, -0.2) is 45.0 Å². The summed E-state index contributed by atoms with van der Waals surface area (Å²) in [4.78, 5) is 36.8. The molecule has 0 fully saturated rings. The summed E-state index contributed by atoms with van der Waals surface area (Å²) in [7, 11) is 1.29. The molecule has 10 nitrogen and oxygen atoms in total. The number of carbonyl (C=O) groups excluding carboxylic acids is 2. The molecule has 0 aliphatic heterocycles. The lowest BCUT2D eigenvalue weighted by Gasteiger charge is -2.07. The fourth-order valence-corrected chi connectivity index (χ4v) is 3.22. The van der Waals surface area contributed by atoms with Crippen LogP contribution in [0.3, 0.4) is 0 Å². The molecule has 0 spiro atoms. The largest absolute Gasteiger partial charge is 0.494 e. The molecule has 2 aromatic carbocycles. The number of rotatable bonds is 7. The van der Waals surface area contributed by atoms with Gasteiger partial charge in [0.1, 0.15) is 24.1 Å². The predicted molar refractivity (Wildman–Crippen MR) is 120 cm³/mol. The van der Waals surface area contributed by atoms with Crippen molar-refractivity contribution >= 4 is 23.1 Å². The van der Waals surface area contributed by atoms with Gasteiger partial charge in [-0.1, -0.05) is 0 Å². The van der Waals surface area contributed by atoms with Crippen molar-refractivity contribution in [3.8, 4) is 17.0 Å². The van der Waals surface area contributed by atoms with Crippen molar-refractivity contribution in [2.45, 2.75) is 13.5 Å². The van der Waals surface area contributed by atoms with Crippen LogP contribution in [0.25, 0.3) is 16.8 Å². The first-order valence-electron chi connectivity index (χ1n) is 10.2. The number of methoxy groups -OCH3 is 1. The fraction of sp³-hybridized carbons (Fsp3) is 0.174. The molecule has 2 aromatic heterocycles. The lowest BCUT2D eigenvalue weighted by atomic mass is 10.1. The third-order valence-electron chi connectivity index (χ3n) is 4.83. The van der Waals surface area contributed by atoms with Gasteiger partial charge < -0.3 is 14.8 Å². The summed E-state index contributed by atoms with van der Waals surface area (Å²) in [6.07, 6.45) is 1.38. The quantitative estimate of drug-likeness (QED) is 0.432. The number of esters is 1. The fourth-order valence-electron chi connectivity index (χ4n) is 3.22. The molecular weight excluding hydrogens is 426 g/mol. The molecule has 0 aliphatic carbocycles. The van der Waals surface area contributed by atoms with Gasteiger partial charge in [-0.25, -0.2) is 14.0 Å². The second-order valence-electron chi connectivity index (χ2n) is 7.03. The maximum absolute atomic E-state index is 12.8. The Morgan fingerprint density at radius 1 is 1.06 bits per heavy atom. The van der Waals surface area contributed by atoms with Crippen LogP contribution in [0.15, 0.2) is 65.7 Å². The van der Waals surface area contributed by atoms with Gasteiger partial charge >= 0.3 is 5.97 Å². The Morgan fingerprint density at radius 3 is 2.45 bits per heavy atom. The third kappa shape index (κ3) is 4.74. The Morgan fingerprint density at radius 2 is 1.79 bits per heavy atom. The lowest BCUT2D eigenvalue weighted by molar-refractivity contribution is -0.117. The minimum absolute atomic E-state index is 0.280. The van der Waals surface area contributed by atoms with Crippen LogP contribution in [0.2, 0.25) is 0 Å². The van der Waals surface area contributed by atoms with E-state index in [9.17, 15) is 14.4 Å². The van der Waals surface area contributed by atoms with E-state index < -0.39 is 17.4 Å². The monoisotopic (exact) mass is 447 g/mol. The molecule has 0 aliphatic rings. The SMILES string of the molecule is CCOc1ccc(-c2cc3c(=O)n(CC(=O)Nc4ccc(C(=O)OC)cc4)ncn3n2)cc1. The molecule has 0 saturated carbocycles. The molecule has 0 saturated heterocycles. The van der Waals surface area contributed by atoms with Crippen LogP contribution >= 0.6 is 0 Å². The number of amides is 1. The Hall–Kier alpha value is -4.47. The van der Waals surface area contributed by atoms with Crippen LogP contribution in [0, 0.1) is 0 Å². The molecule has 10 heteroatoms. The van der Waals surface area contributed by atoms with E-state index in [1.54, 1.807) is 18.2 Å². The van der Waals surface area contributed by atoms with Crippen LogP contribution in [0.1, 0.15) is 17.3 Å². The first kappa shape index (κ1) is 21.8. The average Bonchev–Trinajstić information content (AvgIpc) is 3.27. The molecule has 0 radical (unpaired) electrons. The van der Waals surface area contributed by atoms with Gasteiger partial charge in [-0.2, -0.15) is 10.2 Å². The minimum Gasteiger partial charge on any atom is -0.494 e. The van der Waals surface area contributed by atoms with Gasteiger partial charge in [0, 0.05) is 11.3 Å². The van der Waals surface area contributed by atoms with Crippen LogP contribution in [-0.2, 0) is 16.1 Å². The molecule has 0 bridgehead atoms. The van der Waals surface area contributed by atoms with E-state index in [0.717, 1.165) is 16.0 Å². The van der Waals surface area contributed by atoms with E-state index in [1.165, 1.54) is 30.1 Å². The number of fused-ring (bicyclic) bond motifs is 1. The van der Waals surface area contributed by atoms with Crippen molar-refractivity contribution in [3.05, 3.63) is 76.8 Å². The topological polar surface area (TPSA) is 117 Å². The molecular formula is C23H21N5O5. The van der Waals surface area contributed by atoms with Crippen LogP contribution in [0.5, 0.6) is 5.75 Å². The summed E-state index contributed by atoms with van der Waals surface area (Å²) in [5, 5.41) is 11.1. The van der Waals surface area contributed by atoms with Crippen molar-refractivity contribution in [3.63, 3.8) is 0 Å². The number of nitrogens with zero attached hydrogens (tertiary/aromatic N) is 4. The summed E-state index contributed by atoms with van der Waals surface area (Å²) in [5.41, 5.74) is 2.11.